The first kappa shape index (κ1) is 19.8. The minimum atomic E-state index is -3.55. The SMILES string of the molecule is O=C(NCC1CCCN(S(=O)(=O)c2cccc(Cl)c2)C1)C12CC3C[C@H]1CC[C@H]2C3. The van der Waals surface area contributed by atoms with Crippen LogP contribution in [-0.4, -0.2) is 38.3 Å². The molecule has 0 radical (unpaired) electrons. The van der Waals surface area contributed by atoms with Crippen molar-refractivity contribution >= 4 is 27.5 Å². The first-order valence-electron chi connectivity index (χ1n) is 10.9. The Morgan fingerprint density at radius 2 is 1.97 bits per heavy atom. The van der Waals surface area contributed by atoms with Crippen LogP contribution in [-0.2, 0) is 14.8 Å². The third kappa shape index (κ3) is 3.22. The second-order valence-corrected chi connectivity index (χ2v) is 12.0. The van der Waals surface area contributed by atoms with E-state index in [1.54, 1.807) is 22.5 Å². The van der Waals surface area contributed by atoms with Gasteiger partial charge < -0.3 is 5.32 Å². The predicted octanol–water partition coefficient (Wildman–Crippen LogP) is 3.68. The summed E-state index contributed by atoms with van der Waals surface area (Å²) in [7, 11) is -3.55. The van der Waals surface area contributed by atoms with Gasteiger partial charge in [0.2, 0.25) is 15.9 Å². The molecule has 1 aromatic rings. The highest BCUT2D eigenvalue weighted by Crippen LogP contribution is 2.67. The number of piperidine rings is 1. The van der Waals surface area contributed by atoms with Crippen LogP contribution in [0, 0.1) is 29.1 Å². The standard InChI is InChI=1S/C22H29ClN2O3S/c23-19-4-1-5-20(11-19)29(27,28)25-8-2-3-15(14-25)13-24-21(26)22-12-16-9-17(22)6-7-18(22)10-16/h1,4-5,11,15-18H,2-3,6-10,12-14H2,(H,24,26)/t15?,16?,17-,18+,22?. The number of carbonyl (C=O) groups is 1. The van der Waals surface area contributed by atoms with Gasteiger partial charge >= 0.3 is 0 Å². The summed E-state index contributed by atoms with van der Waals surface area (Å²) >= 11 is 5.99. The van der Waals surface area contributed by atoms with Gasteiger partial charge in [0.1, 0.15) is 0 Å². The number of nitrogens with one attached hydrogen (secondary N) is 1. The van der Waals surface area contributed by atoms with E-state index in [1.165, 1.54) is 31.7 Å². The molecule has 5 atom stereocenters. The Labute approximate surface area is 178 Å². The van der Waals surface area contributed by atoms with Crippen LogP contribution in [0.25, 0.3) is 0 Å². The number of hydrogen-bond acceptors (Lipinski definition) is 3. The van der Waals surface area contributed by atoms with E-state index in [1.807, 2.05) is 0 Å². The van der Waals surface area contributed by atoms with E-state index in [2.05, 4.69) is 5.32 Å². The molecule has 3 unspecified atom stereocenters. The van der Waals surface area contributed by atoms with Crippen LogP contribution in [0.1, 0.15) is 44.9 Å². The monoisotopic (exact) mass is 436 g/mol. The van der Waals surface area contributed by atoms with Gasteiger partial charge in [0.15, 0.2) is 0 Å². The Balaban J connectivity index is 1.23. The number of carbonyl (C=O) groups excluding carboxylic acids is 1. The first-order valence-corrected chi connectivity index (χ1v) is 12.8. The smallest absolute Gasteiger partial charge is 0.243 e. The molecule has 4 fully saturated rings. The molecule has 1 aromatic carbocycles. The van der Waals surface area contributed by atoms with Crippen molar-refractivity contribution in [3.63, 3.8) is 0 Å². The fraction of sp³-hybridized carbons (Fsp3) is 0.682. The zero-order valence-electron chi connectivity index (χ0n) is 16.6. The highest BCUT2D eigenvalue weighted by molar-refractivity contribution is 7.89. The molecule has 0 aromatic heterocycles. The number of rotatable bonds is 5. The number of halogens is 1. The Morgan fingerprint density at radius 1 is 1.21 bits per heavy atom. The van der Waals surface area contributed by atoms with E-state index in [-0.39, 0.29) is 22.1 Å². The molecule has 5 rings (SSSR count). The van der Waals surface area contributed by atoms with Gasteiger partial charge in [0, 0.05) is 24.7 Å². The third-order valence-electron chi connectivity index (χ3n) is 8.07. The van der Waals surface area contributed by atoms with Crippen LogP contribution < -0.4 is 5.32 Å². The summed E-state index contributed by atoms with van der Waals surface area (Å²) in [5.41, 5.74) is -0.105. The summed E-state index contributed by atoms with van der Waals surface area (Å²) < 4.78 is 27.6. The molecule has 4 aliphatic rings. The molecule has 29 heavy (non-hydrogen) atoms. The molecule has 1 heterocycles. The second-order valence-electron chi connectivity index (χ2n) is 9.59. The molecule has 1 N–H and O–H groups in total. The molecular formula is C22H29ClN2O3S. The molecule has 2 bridgehead atoms. The first-order chi connectivity index (χ1) is 13.9. The summed E-state index contributed by atoms with van der Waals surface area (Å²) in [6.07, 6.45) is 7.74. The average Bonchev–Trinajstić information content (AvgIpc) is 3.30. The van der Waals surface area contributed by atoms with Gasteiger partial charge in [-0.15, -0.1) is 0 Å². The molecule has 3 aliphatic carbocycles. The van der Waals surface area contributed by atoms with Crippen molar-refractivity contribution in [2.75, 3.05) is 19.6 Å². The van der Waals surface area contributed by atoms with E-state index < -0.39 is 10.0 Å². The molecule has 7 heteroatoms. The number of nitrogens with zero attached hydrogens (tertiary/aromatic N) is 1. The van der Waals surface area contributed by atoms with Gasteiger partial charge in [-0.05, 0) is 86.8 Å². The van der Waals surface area contributed by atoms with Crippen LogP contribution in [0.4, 0.5) is 0 Å². The molecule has 1 aliphatic heterocycles. The van der Waals surface area contributed by atoms with E-state index in [4.69, 9.17) is 11.6 Å². The van der Waals surface area contributed by atoms with Crippen molar-refractivity contribution in [1.29, 1.82) is 0 Å². The van der Waals surface area contributed by atoms with Gasteiger partial charge in [-0.3, -0.25) is 4.79 Å². The normalized spacial score (nSPS) is 36.4. The van der Waals surface area contributed by atoms with Gasteiger partial charge in [0.05, 0.1) is 10.3 Å². The number of fused-ring (bicyclic) bond motifs is 1. The lowest BCUT2D eigenvalue weighted by Gasteiger charge is -2.35. The van der Waals surface area contributed by atoms with Crippen LogP contribution in [0.5, 0.6) is 0 Å². The zero-order valence-corrected chi connectivity index (χ0v) is 18.2. The maximum atomic E-state index is 13.2. The van der Waals surface area contributed by atoms with E-state index >= 15 is 0 Å². The lowest BCUT2D eigenvalue weighted by molar-refractivity contribution is -0.134. The fourth-order valence-electron chi connectivity index (χ4n) is 6.84. The summed E-state index contributed by atoms with van der Waals surface area (Å²) in [5, 5.41) is 3.68. The van der Waals surface area contributed by atoms with Gasteiger partial charge in [0.25, 0.3) is 0 Å². The Hall–Kier alpha value is -1.11. The Kier molecular flexibility index (Phi) is 4.95. The van der Waals surface area contributed by atoms with Crippen molar-refractivity contribution in [2.45, 2.75) is 49.8 Å². The van der Waals surface area contributed by atoms with Gasteiger partial charge in [-0.1, -0.05) is 17.7 Å². The van der Waals surface area contributed by atoms with Crippen LogP contribution in [0.3, 0.4) is 0 Å². The van der Waals surface area contributed by atoms with Crippen LogP contribution in [0.15, 0.2) is 29.2 Å². The lowest BCUT2D eigenvalue weighted by Crippen LogP contribution is -2.48. The van der Waals surface area contributed by atoms with E-state index in [0.29, 0.717) is 36.5 Å². The van der Waals surface area contributed by atoms with Gasteiger partial charge in [-0.25, -0.2) is 8.42 Å². The van der Waals surface area contributed by atoms with Gasteiger partial charge in [-0.2, -0.15) is 4.31 Å². The molecular weight excluding hydrogens is 408 g/mol. The highest BCUT2D eigenvalue weighted by Gasteiger charge is 2.64. The van der Waals surface area contributed by atoms with Crippen LogP contribution in [0.2, 0.25) is 5.02 Å². The second kappa shape index (κ2) is 7.24. The lowest BCUT2D eigenvalue weighted by atomic mass is 9.73. The van der Waals surface area contributed by atoms with Crippen LogP contribution >= 0.6 is 11.6 Å². The molecule has 1 amide bonds. The molecule has 5 nitrogen and oxygen atoms in total. The molecule has 158 valence electrons. The van der Waals surface area contributed by atoms with Crippen molar-refractivity contribution < 1.29 is 13.2 Å². The number of amides is 1. The summed E-state index contributed by atoms with van der Waals surface area (Å²) in [6, 6.07) is 6.45. The average molecular weight is 437 g/mol. The molecule has 1 saturated heterocycles. The fourth-order valence-corrected chi connectivity index (χ4v) is 8.70. The van der Waals surface area contributed by atoms with Crippen molar-refractivity contribution in [3.05, 3.63) is 29.3 Å². The topological polar surface area (TPSA) is 66.5 Å². The minimum Gasteiger partial charge on any atom is -0.355 e. The summed E-state index contributed by atoms with van der Waals surface area (Å²) in [5.74, 6) is 2.33. The third-order valence-corrected chi connectivity index (χ3v) is 10.2. The molecule has 0 spiro atoms. The largest absolute Gasteiger partial charge is 0.355 e. The maximum Gasteiger partial charge on any atom is 0.243 e. The van der Waals surface area contributed by atoms with Crippen molar-refractivity contribution in [3.8, 4) is 0 Å². The number of benzene rings is 1. The Morgan fingerprint density at radius 3 is 2.69 bits per heavy atom. The summed E-state index contributed by atoms with van der Waals surface area (Å²) in [4.78, 5) is 13.5. The maximum absolute atomic E-state index is 13.2. The highest BCUT2D eigenvalue weighted by atomic mass is 35.5. The van der Waals surface area contributed by atoms with Crippen molar-refractivity contribution in [2.24, 2.45) is 29.1 Å². The summed E-state index contributed by atoms with van der Waals surface area (Å²) in [6.45, 7) is 1.55. The zero-order chi connectivity index (χ0) is 20.2. The molecule has 3 saturated carbocycles. The quantitative estimate of drug-likeness (QED) is 0.765. The van der Waals surface area contributed by atoms with Crippen molar-refractivity contribution in [1.82, 2.24) is 9.62 Å². The van der Waals surface area contributed by atoms with E-state index in [0.717, 1.165) is 25.2 Å². The van der Waals surface area contributed by atoms with E-state index in [9.17, 15) is 13.2 Å². The number of sulfonamides is 1. The number of hydrogen-bond donors (Lipinski definition) is 1. The minimum absolute atomic E-state index is 0.105. The Bertz CT molecular complexity index is 904. The predicted molar refractivity (Wildman–Crippen MR) is 112 cm³/mol.